The Labute approximate surface area is 179 Å². The van der Waals surface area contributed by atoms with Crippen molar-refractivity contribution in [2.45, 2.75) is 18.9 Å². The van der Waals surface area contributed by atoms with Crippen LogP contribution in [0, 0.1) is 0 Å². The third-order valence-corrected chi connectivity index (χ3v) is 4.95. The first-order valence-corrected chi connectivity index (χ1v) is 9.83. The summed E-state index contributed by atoms with van der Waals surface area (Å²) in [5, 5.41) is 3.44. The van der Waals surface area contributed by atoms with Gasteiger partial charge in [0.05, 0.1) is 16.5 Å². The number of rotatable bonds is 7. The zero-order valence-corrected chi connectivity index (χ0v) is 17.0. The molecule has 0 aromatic heterocycles. The van der Waals surface area contributed by atoms with Gasteiger partial charge in [0.15, 0.2) is 6.10 Å². The van der Waals surface area contributed by atoms with Crippen LogP contribution in [0.2, 0.25) is 10.0 Å². The molecule has 29 heavy (non-hydrogen) atoms. The molecule has 0 aliphatic rings. The second-order valence-corrected chi connectivity index (χ2v) is 7.18. The number of benzene rings is 3. The van der Waals surface area contributed by atoms with Crippen LogP contribution in [-0.2, 0) is 14.3 Å². The Morgan fingerprint density at radius 1 is 0.793 bits per heavy atom. The maximum absolute atomic E-state index is 12.4. The van der Waals surface area contributed by atoms with Gasteiger partial charge in [-0.3, -0.25) is 9.59 Å². The Morgan fingerprint density at radius 3 is 1.93 bits per heavy atom. The fraction of sp³-hybridized carbons (Fsp3) is 0.130. The molecule has 0 atom stereocenters. The quantitative estimate of drug-likeness (QED) is 0.467. The van der Waals surface area contributed by atoms with Crippen LogP contribution < -0.4 is 5.32 Å². The molecule has 0 fully saturated rings. The molecule has 0 aliphatic heterocycles. The van der Waals surface area contributed by atoms with E-state index in [1.54, 1.807) is 18.2 Å². The highest BCUT2D eigenvalue weighted by molar-refractivity contribution is 6.42. The number of amides is 1. The summed E-state index contributed by atoms with van der Waals surface area (Å²) in [7, 11) is 0. The van der Waals surface area contributed by atoms with E-state index in [-0.39, 0.29) is 18.7 Å². The molecule has 3 aromatic carbocycles. The second-order valence-electron chi connectivity index (χ2n) is 6.37. The number of carbonyl (C=O) groups is 2. The van der Waals surface area contributed by atoms with Gasteiger partial charge < -0.3 is 10.1 Å². The lowest BCUT2D eigenvalue weighted by molar-refractivity contribution is -0.148. The summed E-state index contributed by atoms with van der Waals surface area (Å²) in [6.07, 6.45) is -0.568. The third kappa shape index (κ3) is 6.08. The number of nitrogens with one attached hydrogen (secondary N) is 1. The van der Waals surface area contributed by atoms with Gasteiger partial charge in [-0.25, -0.2) is 0 Å². The molecule has 6 heteroatoms. The summed E-state index contributed by atoms with van der Waals surface area (Å²) in [5.74, 6) is -0.761. The molecule has 0 aliphatic carbocycles. The van der Waals surface area contributed by atoms with Gasteiger partial charge in [0.2, 0.25) is 5.91 Å². The van der Waals surface area contributed by atoms with Crippen molar-refractivity contribution in [1.29, 1.82) is 0 Å². The monoisotopic (exact) mass is 427 g/mol. The fourth-order valence-electron chi connectivity index (χ4n) is 2.79. The van der Waals surface area contributed by atoms with Gasteiger partial charge in [0.25, 0.3) is 0 Å². The van der Waals surface area contributed by atoms with Crippen LogP contribution >= 0.6 is 23.2 Å². The Balaban J connectivity index is 1.60. The van der Waals surface area contributed by atoms with Crippen molar-refractivity contribution in [3.05, 3.63) is 100 Å². The summed E-state index contributed by atoms with van der Waals surface area (Å²) in [6.45, 7) is 0. The average Bonchev–Trinajstić information content (AvgIpc) is 2.74. The van der Waals surface area contributed by atoms with Crippen molar-refractivity contribution in [2.24, 2.45) is 0 Å². The zero-order valence-electron chi connectivity index (χ0n) is 15.5. The van der Waals surface area contributed by atoms with Crippen molar-refractivity contribution in [3.63, 3.8) is 0 Å². The first kappa shape index (κ1) is 20.9. The molecule has 0 radical (unpaired) electrons. The van der Waals surface area contributed by atoms with E-state index in [9.17, 15) is 9.59 Å². The summed E-state index contributed by atoms with van der Waals surface area (Å²) >= 11 is 11.8. The van der Waals surface area contributed by atoms with Crippen molar-refractivity contribution >= 4 is 40.8 Å². The number of anilines is 1. The van der Waals surface area contributed by atoms with Crippen LogP contribution in [0.4, 0.5) is 5.69 Å². The maximum Gasteiger partial charge on any atom is 0.307 e. The molecule has 3 rings (SSSR count). The van der Waals surface area contributed by atoms with Crippen molar-refractivity contribution in [3.8, 4) is 0 Å². The molecule has 0 saturated carbocycles. The van der Waals surface area contributed by atoms with Crippen LogP contribution in [-0.4, -0.2) is 11.9 Å². The highest BCUT2D eigenvalue weighted by atomic mass is 35.5. The average molecular weight is 428 g/mol. The smallest absolute Gasteiger partial charge is 0.307 e. The van der Waals surface area contributed by atoms with E-state index in [0.717, 1.165) is 11.1 Å². The fourth-order valence-corrected chi connectivity index (χ4v) is 3.09. The SMILES string of the molecule is O=C(CCC(=O)OC(c1ccccc1)c1ccccc1)Nc1ccc(Cl)c(Cl)c1. The van der Waals surface area contributed by atoms with Crippen LogP contribution in [0.3, 0.4) is 0 Å². The van der Waals surface area contributed by atoms with Crippen molar-refractivity contribution in [1.82, 2.24) is 0 Å². The van der Waals surface area contributed by atoms with Gasteiger partial charge in [0.1, 0.15) is 0 Å². The van der Waals surface area contributed by atoms with E-state index in [4.69, 9.17) is 27.9 Å². The molecule has 4 nitrogen and oxygen atoms in total. The number of esters is 1. The maximum atomic E-state index is 12.4. The Morgan fingerprint density at radius 2 is 1.38 bits per heavy atom. The highest BCUT2D eigenvalue weighted by Crippen LogP contribution is 2.27. The van der Waals surface area contributed by atoms with E-state index < -0.39 is 12.1 Å². The van der Waals surface area contributed by atoms with E-state index in [1.165, 1.54) is 0 Å². The lowest BCUT2D eigenvalue weighted by Gasteiger charge is -2.19. The van der Waals surface area contributed by atoms with Crippen molar-refractivity contribution in [2.75, 3.05) is 5.32 Å². The second kappa shape index (κ2) is 10.1. The van der Waals surface area contributed by atoms with Crippen LogP contribution in [0.1, 0.15) is 30.1 Å². The number of halogens is 2. The summed E-state index contributed by atoms with van der Waals surface area (Å²) in [5.41, 5.74) is 2.25. The molecular formula is C23H19Cl2NO3. The molecule has 148 valence electrons. The number of ether oxygens (including phenoxy) is 1. The Kier molecular flexibility index (Phi) is 7.28. The summed E-state index contributed by atoms with van der Waals surface area (Å²) in [6, 6.07) is 23.8. The zero-order chi connectivity index (χ0) is 20.6. The van der Waals surface area contributed by atoms with Crippen molar-refractivity contribution < 1.29 is 14.3 Å². The third-order valence-electron chi connectivity index (χ3n) is 4.21. The van der Waals surface area contributed by atoms with E-state index in [2.05, 4.69) is 5.32 Å². The molecular weight excluding hydrogens is 409 g/mol. The van der Waals surface area contributed by atoms with E-state index in [0.29, 0.717) is 15.7 Å². The minimum Gasteiger partial charge on any atom is -0.453 e. The normalized spacial score (nSPS) is 10.6. The Hall–Kier alpha value is -2.82. The predicted octanol–water partition coefficient (Wildman–Crippen LogP) is 6.04. The van der Waals surface area contributed by atoms with Gasteiger partial charge in [-0.05, 0) is 29.3 Å². The van der Waals surface area contributed by atoms with Gasteiger partial charge >= 0.3 is 5.97 Å². The molecule has 0 heterocycles. The van der Waals surface area contributed by atoms with Gasteiger partial charge in [-0.1, -0.05) is 83.9 Å². The minimum atomic E-state index is -0.525. The van der Waals surface area contributed by atoms with Gasteiger partial charge in [0, 0.05) is 12.1 Å². The molecule has 0 unspecified atom stereocenters. The molecule has 1 amide bonds. The number of hydrogen-bond donors (Lipinski definition) is 1. The minimum absolute atomic E-state index is 0.00459. The topological polar surface area (TPSA) is 55.4 Å². The van der Waals surface area contributed by atoms with Crippen LogP contribution in [0.5, 0.6) is 0 Å². The molecule has 0 saturated heterocycles. The predicted molar refractivity (Wildman–Crippen MR) is 115 cm³/mol. The highest BCUT2D eigenvalue weighted by Gasteiger charge is 2.19. The van der Waals surface area contributed by atoms with Gasteiger partial charge in [-0.15, -0.1) is 0 Å². The largest absolute Gasteiger partial charge is 0.453 e. The Bertz CT molecular complexity index is 938. The standard InChI is InChI=1S/C23H19Cl2NO3/c24-19-12-11-18(15-20(19)25)26-21(27)13-14-22(28)29-23(16-7-3-1-4-8-16)17-9-5-2-6-10-17/h1-12,15,23H,13-14H2,(H,26,27). The molecule has 1 N–H and O–H groups in total. The van der Waals surface area contributed by atoms with Crippen LogP contribution in [0.15, 0.2) is 78.9 Å². The lowest BCUT2D eigenvalue weighted by Crippen LogP contribution is -2.17. The summed E-state index contributed by atoms with van der Waals surface area (Å²) < 4.78 is 5.70. The van der Waals surface area contributed by atoms with E-state index in [1.807, 2.05) is 60.7 Å². The first-order chi connectivity index (χ1) is 14.0. The summed E-state index contributed by atoms with van der Waals surface area (Å²) in [4.78, 5) is 24.6. The number of hydrogen-bond acceptors (Lipinski definition) is 3. The van der Waals surface area contributed by atoms with E-state index >= 15 is 0 Å². The molecule has 3 aromatic rings. The lowest BCUT2D eigenvalue weighted by atomic mass is 10.0. The first-order valence-electron chi connectivity index (χ1n) is 9.07. The van der Waals surface area contributed by atoms with Gasteiger partial charge in [-0.2, -0.15) is 0 Å². The van der Waals surface area contributed by atoms with Crippen LogP contribution in [0.25, 0.3) is 0 Å². The number of carbonyl (C=O) groups excluding carboxylic acids is 2. The molecule has 0 bridgehead atoms. The molecule has 0 spiro atoms.